The van der Waals surface area contributed by atoms with E-state index in [0.717, 1.165) is 51.4 Å². The number of rotatable bonds is 6. The Morgan fingerprint density at radius 2 is 1.81 bits per heavy atom. The fraction of sp³-hybridized carbons (Fsp3) is 0.381. The molecule has 140 valence electrons. The Morgan fingerprint density at radius 1 is 1.04 bits per heavy atom. The molecule has 1 N–H and O–H groups in total. The summed E-state index contributed by atoms with van der Waals surface area (Å²) in [6.07, 6.45) is 6.37. The van der Waals surface area contributed by atoms with Gasteiger partial charge in [-0.05, 0) is 30.5 Å². The van der Waals surface area contributed by atoms with E-state index in [0.29, 0.717) is 5.82 Å². The van der Waals surface area contributed by atoms with E-state index in [-0.39, 0.29) is 11.8 Å². The van der Waals surface area contributed by atoms with Crippen LogP contribution < -0.4 is 10.2 Å². The smallest absolute Gasteiger partial charge is 0.228 e. The van der Waals surface area contributed by atoms with Crippen molar-refractivity contribution in [2.24, 2.45) is 5.92 Å². The van der Waals surface area contributed by atoms with Crippen LogP contribution >= 0.6 is 0 Å². The molecule has 1 amide bonds. The van der Waals surface area contributed by atoms with Crippen LogP contribution in [-0.2, 0) is 4.79 Å². The summed E-state index contributed by atoms with van der Waals surface area (Å²) < 4.78 is 0. The average Bonchev–Trinajstić information content (AvgIpc) is 3.56. The number of hydrogen-bond acceptors (Lipinski definition) is 5. The first-order valence-corrected chi connectivity index (χ1v) is 9.61. The van der Waals surface area contributed by atoms with Crippen LogP contribution in [0.1, 0.15) is 18.4 Å². The lowest BCUT2D eigenvalue weighted by molar-refractivity contribution is -0.117. The molecule has 0 radical (unpaired) electrons. The van der Waals surface area contributed by atoms with Crippen LogP contribution in [-0.4, -0.2) is 53.7 Å². The van der Waals surface area contributed by atoms with E-state index in [9.17, 15) is 4.79 Å². The molecule has 4 rings (SSSR count). The molecule has 0 unspecified atom stereocenters. The van der Waals surface area contributed by atoms with E-state index in [1.807, 2.05) is 18.2 Å². The zero-order valence-electron chi connectivity index (χ0n) is 15.4. The third kappa shape index (κ3) is 4.92. The number of nitrogens with one attached hydrogen (secondary N) is 1. The van der Waals surface area contributed by atoms with Crippen LogP contribution in [0.2, 0.25) is 0 Å². The summed E-state index contributed by atoms with van der Waals surface area (Å²) in [7, 11) is 0. The summed E-state index contributed by atoms with van der Waals surface area (Å²) in [5, 5.41) is 11.3. The Bertz CT molecular complexity index is 778. The van der Waals surface area contributed by atoms with Gasteiger partial charge in [0.05, 0.1) is 0 Å². The number of carbonyl (C=O) groups excluding carboxylic acids is 1. The quantitative estimate of drug-likeness (QED) is 0.855. The van der Waals surface area contributed by atoms with Crippen LogP contribution in [0.5, 0.6) is 0 Å². The first-order chi connectivity index (χ1) is 13.3. The fourth-order valence-electron chi connectivity index (χ4n) is 3.20. The molecular weight excluding hydrogens is 338 g/mol. The largest absolute Gasteiger partial charge is 0.353 e. The van der Waals surface area contributed by atoms with Gasteiger partial charge >= 0.3 is 0 Å². The van der Waals surface area contributed by atoms with Gasteiger partial charge in [0.15, 0.2) is 11.6 Å². The summed E-state index contributed by atoms with van der Waals surface area (Å²) >= 11 is 0. The number of nitrogens with zero attached hydrogens (tertiary/aromatic N) is 4. The van der Waals surface area contributed by atoms with E-state index < -0.39 is 0 Å². The normalized spacial score (nSPS) is 18.0. The van der Waals surface area contributed by atoms with Gasteiger partial charge in [-0.2, -0.15) is 0 Å². The van der Waals surface area contributed by atoms with Crippen molar-refractivity contribution in [3.8, 4) is 0 Å². The third-order valence-corrected chi connectivity index (χ3v) is 5.02. The molecule has 2 fully saturated rings. The minimum Gasteiger partial charge on any atom is -0.353 e. The Kier molecular flexibility index (Phi) is 5.44. The predicted octanol–water partition coefficient (Wildman–Crippen LogP) is 2.66. The van der Waals surface area contributed by atoms with Crippen molar-refractivity contribution in [1.29, 1.82) is 0 Å². The highest BCUT2D eigenvalue weighted by atomic mass is 16.2. The molecule has 1 saturated carbocycles. The lowest BCUT2D eigenvalue weighted by Gasteiger charge is -2.34. The molecule has 2 aromatic rings. The molecule has 1 aromatic carbocycles. The summed E-state index contributed by atoms with van der Waals surface area (Å²) in [4.78, 5) is 16.5. The van der Waals surface area contributed by atoms with E-state index in [1.165, 1.54) is 5.56 Å². The second-order valence-electron chi connectivity index (χ2n) is 7.14. The maximum absolute atomic E-state index is 11.8. The molecule has 1 aliphatic heterocycles. The first kappa shape index (κ1) is 17.7. The maximum atomic E-state index is 11.8. The molecule has 0 bridgehead atoms. The fourth-order valence-corrected chi connectivity index (χ4v) is 3.20. The Labute approximate surface area is 159 Å². The van der Waals surface area contributed by atoms with Crippen molar-refractivity contribution in [1.82, 2.24) is 15.1 Å². The topological polar surface area (TPSA) is 61.4 Å². The number of piperazine rings is 1. The van der Waals surface area contributed by atoms with Crippen LogP contribution in [0.15, 0.2) is 48.5 Å². The van der Waals surface area contributed by atoms with E-state index in [1.54, 1.807) is 0 Å². The summed E-state index contributed by atoms with van der Waals surface area (Å²) in [5.74, 6) is 1.66. The maximum Gasteiger partial charge on any atom is 0.228 e. The highest BCUT2D eigenvalue weighted by molar-refractivity contribution is 5.93. The number of aromatic nitrogens is 2. The summed E-state index contributed by atoms with van der Waals surface area (Å²) in [5.41, 5.74) is 1.24. The molecular formula is C21H25N5O. The molecule has 6 nitrogen and oxygen atoms in total. The van der Waals surface area contributed by atoms with Crippen molar-refractivity contribution in [3.05, 3.63) is 54.1 Å². The van der Waals surface area contributed by atoms with E-state index in [4.69, 9.17) is 0 Å². The lowest BCUT2D eigenvalue weighted by atomic mass is 10.2. The molecule has 2 heterocycles. The van der Waals surface area contributed by atoms with Crippen molar-refractivity contribution >= 4 is 23.6 Å². The second-order valence-corrected chi connectivity index (χ2v) is 7.14. The van der Waals surface area contributed by atoms with Crippen molar-refractivity contribution in [2.75, 3.05) is 42.9 Å². The molecule has 27 heavy (non-hydrogen) atoms. The monoisotopic (exact) mass is 363 g/mol. The van der Waals surface area contributed by atoms with Gasteiger partial charge in [0, 0.05) is 38.6 Å². The Hall–Kier alpha value is -2.73. The number of benzene rings is 1. The number of hydrogen-bond donors (Lipinski definition) is 1. The molecule has 2 aliphatic rings. The Morgan fingerprint density at radius 3 is 2.48 bits per heavy atom. The lowest BCUT2D eigenvalue weighted by Crippen LogP contribution is -2.46. The third-order valence-electron chi connectivity index (χ3n) is 5.02. The zero-order valence-corrected chi connectivity index (χ0v) is 15.4. The van der Waals surface area contributed by atoms with E-state index >= 15 is 0 Å². The summed E-state index contributed by atoms with van der Waals surface area (Å²) in [6.45, 7) is 4.83. The van der Waals surface area contributed by atoms with Crippen molar-refractivity contribution in [2.45, 2.75) is 12.8 Å². The van der Waals surface area contributed by atoms with Gasteiger partial charge in [0.2, 0.25) is 5.91 Å². The van der Waals surface area contributed by atoms with Crippen molar-refractivity contribution in [3.63, 3.8) is 0 Å². The minimum absolute atomic E-state index is 0.0641. The van der Waals surface area contributed by atoms with Crippen LogP contribution in [0.25, 0.3) is 6.08 Å². The minimum atomic E-state index is 0.0641. The van der Waals surface area contributed by atoms with Crippen LogP contribution in [0.4, 0.5) is 11.6 Å². The predicted molar refractivity (Wildman–Crippen MR) is 108 cm³/mol. The molecule has 0 spiro atoms. The number of amides is 1. The van der Waals surface area contributed by atoms with Gasteiger partial charge in [0.25, 0.3) is 0 Å². The van der Waals surface area contributed by atoms with Gasteiger partial charge in [-0.1, -0.05) is 42.5 Å². The van der Waals surface area contributed by atoms with Crippen LogP contribution in [0.3, 0.4) is 0 Å². The molecule has 0 atom stereocenters. The number of carbonyl (C=O) groups is 1. The molecule has 1 aliphatic carbocycles. The highest BCUT2D eigenvalue weighted by Crippen LogP contribution is 2.29. The first-order valence-electron chi connectivity index (χ1n) is 9.61. The standard InChI is InChI=1S/C21H25N5O/c27-21(18-8-9-18)22-19-10-11-20(24-23-19)26-15-13-25(14-16-26)12-4-7-17-5-2-1-3-6-17/h1-7,10-11,18H,8-9,12-16H2,(H,22,23,27)/b7-4+. The average molecular weight is 363 g/mol. The number of anilines is 2. The molecule has 6 heteroatoms. The second kappa shape index (κ2) is 8.31. The van der Waals surface area contributed by atoms with Gasteiger partial charge in [0.1, 0.15) is 0 Å². The highest BCUT2D eigenvalue weighted by Gasteiger charge is 2.29. The molecule has 1 saturated heterocycles. The zero-order chi connectivity index (χ0) is 18.5. The van der Waals surface area contributed by atoms with Crippen molar-refractivity contribution < 1.29 is 4.79 Å². The van der Waals surface area contributed by atoms with Gasteiger partial charge in [-0.25, -0.2) is 0 Å². The summed E-state index contributed by atoms with van der Waals surface area (Å²) in [6, 6.07) is 14.2. The SMILES string of the molecule is O=C(Nc1ccc(N2CCN(C/C=C/c3ccccc3)CC2)nn1)C1CC1. The molecule has 1 aromatic heterocycles. The van der Waals surface area contributed by atoms with Gasteiger partial charge < -0.3 is 10.2 Å². The Balaban J connectivity index is 1.24. The van der Waals surface area contributed by atoms with Crippen LogP contribution in [0, 0.1) is 5.92 Å². The van der Waals surface area contributed by atoms with Gasteiger partial charge in [-0.15, -0.1) is 10.2 Å². The van der Waals surface area contributed by atoms with Gasteiger partial charge in [-0.3, -0.25) is 9.69 Å². The van der Waals surface area contributed by atoms with E-state index in [2.05, 4.69) is 61.7 Å².